The smallest absolute Gasteiger partial charge is 0.306 e. The Morgan fingerprint density at radius 1 is 1.11 bits per heavy atom. The first-order valence-electron chi connectivity index (χ1n) is 7.58. The van der Waals surface area contributed by atoms with Crippen molar-refractivity contribution < 1.29 is 18.7 Å². The summed E-state index contributed by atoms with van der Waals surface area (Å²) in [7, 11) is 0. The molecule has 0 radical (unpaired) electrons. The average molecular weight is 274 g/mol. The number of carbonyl (C=O) groups is 1. The van der Waals surface area contributed by atoms with Gasteiger partial charge in [-0.3, -0.25) is 4.79 Å². The second-order valence-electron chi connectivity index (χ2n) is 6.40. The number of aliphatic carboxylic acids is 1. The zero-order valence-corrected chi connectivity index (χ0v) is 11.4. The predicted octanol–water partition coefficient (Wildman–Crippen LogP) is 4.48. The Hall–Kier alpha value is -0.670. The largest absolute Gasteiger partial charge is 0.481 e. The second-order valence-corrected chi connectivity index (χ2v) is 6.40. The third-order valence-corrected chi connectivity index (χ3v) is 4.85. The SMILES string of the molecule is O=C(O)C1CCCCCC1CC1CCCC(F)(F)C1. The highest BCUT2D eigenvalue weighted by molar-refractivity contribution is 5.70. The van der Waals surface area contributed by atoms with Crippen molar-refractivity contribution in [1.82, 2.24) is 0 Å². The monoisotopic (exact) mass is 274 g/mol. The Kier molecular flexibility index (Phi) is 4.80. The Balaban J connectivity index is 1.96. The maximum Gasteiger partial charge on any atom is 0.306 e. The Labute approximate surface area is 113 Å². The van der Waals surface area contributed by atoms with E-state index in [1.165, 1.54) is 0 Å². The summed E-state index contributed by atoms with van der Waals surface area (Å²) >= 11 is 0. The molecule has 2 aliphatic rings. The number of halogens is 2. The molecule has 19 heavy (non-hydrogen) atoms. The van der Waals surface area contributed by atoms with Crippen LogP contribution in [0.15, 0.2) is 0 Å². The molecule has 2 saturated carbocycles. The fraction of sp³-hybridized carbons (Fsp3) is 0.933. The van der Waals surface area contributed by atoms with Gasteiger partial charge in [-0.1, -0.05) is 25.7 Å². The van der Waals surface area contributed by atoms with Crippen molar-refractivity contribution in [2.75, 3.05) is 0 Å². The molecule has 1 N–H and O–H groups in total. The lowest BCUT2D eigenvalue weighted by Crippen LogP contribution is -2.30. The molecule has 2 nitrogen and oxygen atoms in total. The Bertz CT molecular complexity index is 317. The van der Waals surface area contributed by atoms with Crippen LogP contribution < -0.4 is 0 Å². The van der Waals surface area contributed by atoms with Crippen LogP contribution >= 0.6 is 0 Å². The Morgan fingerprint density at radius 2 is 1.84 bits per heavy atom. The summed E-state index contributed by atoms with van der Waals surface area (Å²) in [5.41, 5.74) is 0. The van der Waals surface area contributed by atoms with Crippen LogP contribution in [0.1, 0.15) is 64.2 Å². The molecule has 0 saturated heterocycles. The van der Waals surface area contributed by atoms with E-state index in [1.807, 2.05) is 0 Å². The van der Waals surface area contributed by atoms with Gasteiger partial charge < -0.3 is 5.11 Å². The van der Waals surface area contributed by atoms with E-state index in [0.29, 0.717) is 12.8 Å². The zero-order chi connectivity index (χ0) is 13.9. The quantitative estimate of drug-likeness (QED) is 0.770. The number of rotatable bonds is 3. The number of carboxylic acid groups (broad SMARTS) is 1. The van der Waals surface area contributed by atoms with E-state index in [1.54, 1.807) is 0 Å². The van der Waals surface area contributed by atoms with Crippen molar-refractivity contribution in [3.8, 4) is 0 Å². The molecule has 0 bridgehead atoms. The van der Waals surface area contributed by atoms with Crippen molar-refractivity contribution in [2.45, 2.75) is 70.1 Å². The number of alkyl halides is 2. The van der Waals surface area contributed by atoms with Gasteiger partial charge in [0, 0.05) is 12.8 Å². The van der Waals surface area contributed by atoms with E-state index in [0.717, 1.165) is 38.5 Å². The summed E-state index contributed by atoms with van der Waals surface area (Å²) < 4.78 is 26.9. The number of carboxylic acids is 1. The van der Waals surface area contributed by atoms with Gasteiger partial charge in [-0.2, -0.15) is 0 Å². The van der Waals surface area contributed by atoms with Crippen LogP contribution in [0.2, 0.25) is 0 Å². The van der Waals surface area contributed by atoms with Crippen LogP contribution in [0.3, 0.4) is 0 Å². The Morgan fingerprint density at radius 3 is 2.53 bits per heavy atom. The molecule has 110 valence electrons. The molecular formula is C15H24F2O2. The van der Waals surface area contributed by atoms with Crippen molar-refractivity contribution >= 4 is 5.97 Å². The van der Waals surface area contributed by atoms with Crippen molar-refractivity contribution in [3.05, 3.63) is 0 Å². The summed E-state index contributed by atoms with van der Waals surface area (Å²) in [4.78, 5) is 11.3. The number of hydrogen-bond donors (Lipinski definition) is 1. The second kappa shape index (κ2) is 6.19. The lowest BCUT2D eigenvalue weighted by atomic mass is 9.75. The van der Waals surface area contributed by atoms with Crippen molar-refractivity contribution in [1.29, 1.82) is 0 Å². The zero-order valence-electron chi connectivity index (χ0n) is 11.4. The molecule has 0 spiro atoms. The van der Waals surface area contributed by atoms with E-state index < -0.39 is 11.9 Å². The molecule has 2 fully saturated rings. The van der Waals surface area contributed by atoms with Gasteiger partial charge in [0.1, 0.15) is 0 Å². The van der Waals surface area contributed by atoms with Crippen LogP contribution in [0.4, 0.5) is 8.78 Å². The fourth-order valence-electron chi connectivity index (χ4n) is 3.90. The summed E-state index contributed by atoms with van der Waals surface area (Å²) in [6.07, 6.45) is 6.83. The first-order valence-corrected chi connectivity index (χ1v) is 7.58. The lowest BCUT2D eigenvalue weighted by molar-refractivity contribution is -0.144. The first-order chi connectivity index (χ1) is 8.98. The van der Waals surface area contributed by atoms with Crippen LogP contribution in [0.25, 0.3) is 0 Å². The van der Waals surface area contributed by atoms with E-state index in [2.05, 4.69) is 0 Å². The number of hydrogen-bond acceptors (Lipinski definition) is 1. The summed E-state index contributed by atoms with van der Waals surface area (Å²) in [5, 5.41) is 9.32. The van der Waals surface area contributed by atoms with Crippen LogP contribution in [0.5, 0.6) is 0 Å². The third-order valence-electron chi connectivity index (χ3n) is 4.85. The van der Waals surface area contributed by atoms with Crippen molar-refractivity contribution in [3.63, 3.8) is 0 Å². The van der Waals surface area contributed by atoms with Crippen LogP contribution in [-0.2, 0) is 4.79 Å². The van der Waals surface area contributed by atoms with E-state index in [4.69, 9.17) is 0 Å². The highest BCUT2D eigenvalue weighted by Crippen LogP contribution is 2.42. The standard InChI is InChI=1S/C15H24F2O2/c16-15(17)8-4-5-11(10-15)9-12-6-2-1-3-7-13(12)14(18)19/h11-13H,1-10H2,(H,18,19). The van der Waals surface area contributed by atoms with Gasteiger partial charge in [0.15, 0.2) is 0 Å². The summed E-state index contributed by atoms with van der Waals surface area (Å²) in [6.45, 7) is 0. The molecule has 0 aromatic rings. The molecule has 0 aromatic heterocycles. The van der Waals surface area contributed by atoms with Crippen LogP contribution in [0, 0.1) is 17.8 Å². The minimum absolute atomic E-state index is 0.0104. The van der Waals surface area contributed by atoms with Crippen LogP contribution in [-0.4, -0.2) is 17.0 Å². The lowest BCUT2D eigenvalue weighted by Gasteiger charge is -2.32. The predicted molar refractivity (Wildman–Crippen MR) is 69.2 cm³/mol. The normalized spacial score (nSPS) is 35.6. The molecule has 0 aliphatic heterocycles. The van der Waals surface area contributed by atoms with Gasteiger partial charge >= 0.3 is 5.97 Å². The first kappa shape index (κ1) is 14.7. The molecule has 0 aromatic carbocycles. The minimum Gasteiger partial charge on any atom is -0.481 e. The molecular weight excluding hydrogens is 250 g/mol. The fourth-order valence-corrected chi connectivity index (χ4v) is 3.90. The molecule has 3 atom stereocenters. The highest BCUT2D eigenvalue weighted by Gasteiger charge is 2.39. The molecule has 2 aliphatic carbocycles. The van der Waals surface area contributed by atoms with Gasteiger partial charge in [-0.05, 0) is 37.5 Å². The topological polar surface area (TPSA) is 37.3 Å². The van der Waals surface area contributed by atoms with E-state index in [-0.39, 0.29) is 30.6 Å². The maximum atomic E-state index is 13.4. The third kappa shape index (κ3) is 4.15. The summed E-state index contributed by atoms with van der Waals surface area (Å²) in [5.74, 6) is -3.42. The van der Waals surface area contributed by atoms with Gasteiger partial charge in [0.05, 0.1) is 5.92 Å². The van der Waals surface area contributed by atoms with Gasteiger partial charge in [-0.25, -0.2) is 8.78 Å². The maximum absolute atomic E-state index is 13.4. The molecule has 3 unspecified atom stereocenters. The van der Waals surface area contributed by atoms with Gasteiger partial charge in [0.25, 0.3) is 0 Å². The molecule has 0 heterocycles. The minimum atomic E-state index is -2.52. The average Bonchev–Trinajstić information content (AvgIpc) is 2.53. The van der Waals surface area contributed by atoms with E-state index >= 15 is 0 Å². The molecule has 2 rings (SSSR count). The molecule has 0 amide bonds. The van der Waals surface area contributed by atoms with Crippen molar-refractivity contribution in [2.24, 2.45) is 17.8 Å². The van der Waals surface area contributed by atoms with Gasteiger partial charge in [0.2, 0.25) is 5.92 Å². The van der Waals surface area contributed by atoms with E-state index in [9.17, 15) is 18.7 Å². The van der Waals surface area contributed by atoms with Gasteiger partial charge in [-0.15, -0.1) is 0 Å². The summed E-state index contributed by atoms with van der Waals surface area (Å²) in [6, 6.07) is 0. The molecule has 4 heteroatoms. The highest BCUT2D eigenvalue weighted by atomic mass is 19.3.